The van der Waals surface area contributed by atoms with Gasteiger partial charge >= 0.3 is 0 Å². The Morgan fingerprint density at radius 1 is 1.17 bits per heavy atom. The highest BCUT2D eigenvalue weighted by Crippen LogP contribution is 2.66. The molecule has 7 atom stereocenters. The van der Waals surface area contributed by atoms with Gasteiger partial charge in [-0.15, -0.1) is 0 Å². The van der Waals surface area contributed by atoms with E-state index in [4.69, 9.17) is 0 Å². The van der Waals surface area contributed by atoms with Crippen LogP contribution >= 0.6 is 0 Å². The Hall–Kier alpha value is -0.670. The lowest BCUT2D eigenvalue weighted by molar-refractivity contribution is -0.132. The summed E-state index contributed by atoms with van der Waals surface area (Å²) in [5.74, 6) is 2.16. The minimum Gasteiger partial charge on any atom is -0.393 e. The van der Waals surface area contributed by atoms with Crippen LogP contribution in [-0.2, 0) is 4.79 Å². The minimum atomic E-state index is -0.291. The van der Waals surface area contributed by atoms with Crippen molar-refractivity contribution in [1.29, 1.82) is 0 Å². The van der Waals surface area contributed by atoms with Gasteiger partial charge in [0, 0.05) is 5.92 Å². The lowest BCUT2D eigenvalue weighted by Gasteiger charge is -2.57. The van der Waals surface area contributed by atoms with Gasteiger partial charge in [-0.25, -0.2) is 0 Å². The summed E-state index contributed by atoms with van der Waals surface area (Å²) in [6, 6.07) is 0. The summed E-state index contributed by atoms with van der Waals surface area (Å²) in [4.78, 5) is 12.3. The molecule has 0 aromatic carbocycles. The van der Waals surface area contributed by atoms with Crippen molar-refractivity contribution in [1.82, 2.24) is 0 Å². The molecule has 0 spiro atoms. The molecule has 0 radical (unpaired) electrons. The zero-order valence-electron chi connectivity index (χ0n) is 15.1. The maximum atomic E-state index is 12.3. The smallest absolute Gasteiger partial charge is 0.161 e. The first-order valence-corrected chi connectivity index (χ1v) is 9.91. The molecular formula is C21H32O3. The molecule has 24 heavy (non-hydrogen) atoms. The first-order chi connectivity index (χ1) is 11.4. The van der Waals surface area contributed by atoms with Crippen LogP contribution in [0.5, 0.6) is 0 Å². The van der Waals surface area contributed by atoms with Gasteiger partial charge in [-0.2, -0.15) is 0 Å². The molecule has 4 aliphatic rings. The molecule has 0 amide bonds. The Balaban J connectivity index is 1.64. The van der Waals surface area contributed by atoms with Gasteiger partial charge in [-0.05, 0) is 80.0 Å². The number of hydrogen-bond acceptors (Lipinski definition) is 3. The highest BCUT2D eigenvalue weighted by molar-refractivity contribution is 5.83. The third-order valence-electron chi connectivity index (χ3n) is 8.62. The van der Waals surface area contributed by atoms with Crippen LogP contribution in [0.3, 0.4) is 0 Å². The molecule has 3 saturated carbocycles. The van der Waals surface area contributed by atoms with Gasteiger partial charge < -0.3 is 10.2 Å². The second kappa shape index (κ2) is 5.67. The van der Waals surface area contributed by atoms with E-state index < -0.39 is 0 Å². The van der Waals surface area contributed by atoms with Gasteiger partial charge in [0.25, 0.3) is 0 Å². The average molecular weight is 332 g/mol. The molecule has 0 saturated heterocycles. The predicted molar refractivity (Wildman–Crippen MR) is 93.3 cm³/mol. The predicted octanol–water partition coefficient (Wildman–Crippen LogP) is 3.49. The number of carbonyl (C=O) groups is 1. The van der Waals surface area contributed by atoms with Crippen LogP contribution in [0, 0.1) is 34.5 Å². The number of fused-ring (bicyclic) bond motifs is 5. The maximum Gasteiger partial charge on any atom is 0.161 e. The van der Waals surface area contributed by atoms with Gasteiger partial charge in [0.2, 0.25) is 0 Å². The van der Waals surface area contributed by atoms with Crippen LogP contribution in [0.1, 0.15) is 65.2 Å². The van der Waals surface area contributed by atoms with Gasteiger partial charge in [0.15, 0.2) is 5.78 Å². The molecule has 134 valence electrons. The first kappa shape index (κ1) is 16.8. The van der Waals surface area contributed by atoms with Crippen LogP contribution < -0.4 is 0 Å². The van der Waals surface area contributed by atoms with Crippen molar-refractivity contribution < 1.29 is 15.0 Å². The summed E-state index contributed by atoms with van der Waals surface area (Å²) in [6.45, 7) is 4.47. The third kappa shape index (κ3) is 2.20. The highest BCUT2D eigenvalue weighted by Gasteiger charge is 2.59. The summed E-state index contributed by atoms with van der Waals surface area (Å²) < 4.78 is 0. The first-order valence-electron chi connectivity index (χ1n) is 9.91. The Labute approximate surface area is 145 Å². The quantitative estimate of drug-likeness (QED) is 0.761. The number of hydrogen-bond donors (Lipinski definition) is 2. The summed E-state index contributed by atoms with van der Waals surface area (Å²) in [7, 11) is 0. The summed E-state index contributed by atoms with van der Waals surface area (Å²) in [6.07, 6.45) is 10.8. The van der Waals surface area contributed by atoms with Crippen LogP contribution in [0.15, 0.2) is 11.6 Å². The van der Waals surface area contributed by atoms with E-state index in [1.54, 1.807) is 0 Å². The summed E-state index contributed by atoms with van der Waals surface area (Å²) in [5.41, 5.74) is 1.87. The van der Waals surface area contributed by atoms with Gasteiger partial charge in [0.05, 0.1) is 6.10 Å². The molecular weight excluding hydrogens is 300 g/mol. The number of carbonyl (C=O) groups excluding carboxylic acids is 1. The fourth-order valence-corrected chi connectivity index (χ4v) is 7.28. The van der Waals surface area contributed by atoms with E-state index in [-0.39, 0.29) is 35.2 Å². The molecule has 4 aliphatic carbocycles. The van der Waals surface area contributed by atoms with E-state index in [1.165, 1.54) is 12.0 Å². The number of aliphatic hydroxyl groups excluding tert-OH is 2. The van der Waals surface area contributed by atoms with E-state index in [9.17, 15) is 15.0 Å². The number of Topliss-reactive ketones (excluding diaryl/α,β-unsaturated/α-hetero) is 1. The molecule has 0 unspecified atom stereocenters. The van der Waals surface area contributed by atoms with Crippen molar-refractivity contribution in [2.24, 2.45) is 34.5 Å². The van der Waals surface area contributed by atoms with Gasteiger partial charge in [0.1, 0.15) is 6.61 Å². The SMILES string of the molecule is C[C@]12CC[C@@H]3[C@H](CC=C4C[C@@H](O)CC[C@@]43C)[C@@H]1CC[C@@H]2C(=O)CO. The number of aliphatic hydroxyl groups is 2. The zero-order chi connectivity index (χ0) is 17.1. The van der Waals surface area contributed by atoms with E-state index in [0.717, 1.165) is 44.9 Å². The Morgan fingerprint density at radius 3 is 2.71 bits per heavy atom. The normalized spacial score (nSPS) is 50.5. The van der Waals surface area contributed by atoms with Crippen molar-refractivity contribution in [3.8, 4) is 0 Å². The fraction of sp³-hybridized carbons (Fsp3) is 0.857. The molecule has 0 aliphatic heterocycles. The van der Waals surface area contributed by atoms with Gasteiger partial charge in [-0.3, -0.25) is 4.79 Å². The average Bonchev–Trinajstić information content (AvgIpc) is 2.92. The standard InChI is InChI=1S/C21H32O3/c1-20-9-7-14(23)11-13(20)3-4-15-16-5-6-18(19(24)12-22)21(16,2)10-8-17(15)20/h3,14-18,22-23H,4-12H2,1-2H3/t14-,15+,16-,17+,18+,20-,21-/m0/s1. The van der Waals surface area contributed by atoms with E-state index in [2.05, 4.69) is 19.9 Å². The Kier molecular flexibility index (Phi) is 3.96. The second-order valence-corrected chi connectivity index (χ2v) is 9.45. The molecule has 0 aromatic heterocycles. The lowest BCUT2D eigenvalue weighted by Crippen LogP contribution is -2.51. The van der Waals surface area contributed by atoms with E-state index >= 15 is 0 Å². The summed E-state index contributed by atoms with van der Waals surface area (Å²) >= 11 is 0. The van der Waals surface area contributed by atoms with Crippen molar-refractivity contribution in [3.05, 3.63) is 11.6 Å². The van der Waals surface area contributed by atoms with E-state index in [0.29, 0.717) is 17.8 Å². The largest absolute Gasteiger partial charge is 0.393 e. The molecule has 0 bridgehead atoms. The van der Waals surface area contributed by atoms with Gasteiger partial charge in [-0.1, -0.05) is 25.5 Å². The molecule has 2 N–H and O–H groups in total. The number of allylic oxidation sites excluding steroid dienone is 1. The molecule has 3 heteroatoms. The molecule has 3 nitrogen and oxygen atoms in total. The van der Waals surface area contributed by atoms with Crippen LogP contribution in [0.2, 0.25) is 0 Å². The van der Waals surface area contributed by atoms with Crippen molar-refractivity contribution >= 4 is 5.78 Å². The molecule has 3 fully saturated rings. The molecule has 0 aromatic rings. The highest BCUT2D eigenvalue weighted by atomic mass is 16.3. The maximum absolute atomic E-state index is 12.3. The summed E-state index contributed by atoms with van der Waals surface area (Å²) in [5, 5.41) is 19.4. The van der Waals surface area contributed by atoms with Crippen LogP contribution in [0.4, 0.5) is 0 Å². The minimum absolute atomic E-state index is 0.0671. The number of ketones is 1. The van der Waals surface area contributed by atoms with Crippen molar-refractivity contribution in [3.63, 3.8) is 0 Å². The zero-order valence-corrected chi connectivity index (χ0v) is 15.1. The lowest BCUT2D eigenvalue weighted by atomic mass is 9.47. The monoisotopic (exact) mass is 332 g/mol. The van der Waals surface area contributed by atoms with Crippen molar-refractivity contribution in [2.45, 2.75) is 71.3 Å². The van der Waals surface area contributed by atoms with E-state index in [1.807, 2.05) is 0 Å². The molecule has 4 rings (SSSR count). The third-order valence-corrected chi connectivity index (χ3v) is 8.62. The van der Waals surface area contributed by atoms with Crippen molar-refractivity contribution in [2.75, 3.05) is 6.61 Å². The Bertz CT molecular complexity index is 567. The van der Waals surface area contributed by atoms with Crippen LogP contribution in [0.25, 0.3) is 0 Å². The molecule has 0 heterocycles. The topological polar surface area (TPSA) is 57.5 Å². The fourth-order valence-electron chi connectivity index (χ4n) is 7.28. The van der Waals surface area contributed by atoms with Crippen LogP contribution in [-0.4, -0.2) is 28.7 Å². The number of rotatable bonds is 2. The Morgan fingerprint density at radius 2 is 1.96 bits per heavy atom. The second-order valence-electron chi connectivity index (χ2n) is 9.45.